The van der Waals surface area contributed by atoms with Crippen LogP contribution in [-0.4, -0.2) is 29.0 Å². The van der Waals surface area contributed by atoms with Crippen LogP contribution in [-0.2, 0) is 23.0 Å². The fourth-order valence-electron chi connectivity index (χ4n) is 2.78. The summed E-state index contributed by atoms with van der Waals surface area (Å²) < 4.78 is 25.5. The SMILES string of the molecule is NS(=O)(=O)c1cc(C(=O)O)cc2ncn(CCCc3ccccc3)c12. The van der Waals surface area contributed by atoms with Crippen molar-refractivity contribution in [2.45, 2.75) is 24.3 Å². The van der Waals surface area contributed by atoms with Crippen LogP contribution >= 0.6 is 0 Å². The molecular weight excluding hydrogens is 342 g/mol. The first-order valence-corrected chi connectivity index (χ1v) is 9.20. The Labute approximate surface area is 144 Å². The smallest absolute Gasteiger partial charge is 0.335 e. The number of primary sulfonamides is 1. The van der Waals surface area contributed by atoms with Crippen LogP contribution in [0, 0.1) is 0 Å². The molecule has 0 unspecified atom stereocenters. The molecule has 0 aliphatic carbocycles. The molecule has 1 aromatic heterocycles. The lowest BCUT2D eigenvalue weighted by Gasteiger charge is -2.09. The number of aromatic carboxylic acids is 1. The fourth-order valence-corrected chi connectivity index (χ4v) is 3.56. The van der Waals surface area contributed by atoms with Crippen LogP contribution in [0.5, 0.6) is 0 Å². The van der Waals surface area contributed by atoms with Gasteiger partial charge in [0, 0.05) is 6.54 Å². The maximum absolute atomic E-state index is 11.9. The van der Waals surface area contributed by atoms with Crippen molar-refractivity contribution in [3.8, 4) is 0 Å². The first-order chi connectivity index (χ1) is 11.9. The van der Waals surface area contributed by atoms with Crippen LogP contribution in [0.2, 0.25) is 0 Å². The highest BCUT2D eigenvalue weighted by molar-refractivity contribution is 7.89. The Hall–Kier alpha value is -2.71. The Morgan fingerprint density at radius 2 is 1.92 bits per heavy atom. The minimum absolute atomic E-state index is 0.161. The Morgan fingerprint density at radius 3 is 2.56 bits per heavy atom. The van der Waals surface area contributed by atoms with Crippen LogP contribution in [0.1, 0.15) is 22.3 Å². The minimum atomic E-state index is -4.08. The van der Waals surface area contributed by atoms with Crippen LogP contribution in [0.25, 0.3) is 11.0 Å². The van der Waals surface area contributed by atoms with E-state index in [-0.39, 0.29) is 10.5 Å². The van der Waals surface area contributed by atoms with E-state index in [0.29, 0.717) is 17.6 Å². The number of imidazole rings is 1. The maximum Gasteiger partial charge on any atom is 0.335 e. The third kappa shape index (κ3) is 3.70. The van der Waals surface area contributed by atoms with Crippen LogP contribution in [0.4, 0.5) is 0 Å². The molecule has 0 fully saturated rings. The van der Waals surface area contributed by atoms with Crippen molar-refractivity contribution in [3.63, 3.8) is 0 Å². The maximum atomic E-state index is 11.9. The van der Waals surface area contributed by atoms with E-state index in [2.05, 4.69) is 4.98 Å². The van der Waals surface area contributed by atoms with Crippen molar-refractivity contribution in [1.82, 2.24) is 9.55 Å². The molecule has 2 aromatic carbocycles. The van der Waals surface area contributed by atoms with Crippen molar-refractivity contribution in [1.29, 1.82) is 0 Å². The van der Waals surface area contributed by atoms with Gasteiger partial charge < -0.3 is 9.67 Å². The molecule has 25 heavy (non-hydrogen) atoms. The fraction of sp³-hybridized carbons (Fsp3) is 0.176. The van der Waals surface area contributed by atoms with Gasteiger partial charge in [0.25, 0.3) is 0 Å². The molecule has 7 nitrogen and oxygen atoms in total. The van der Waals surface area contributed by atoms with Gasteiger partial charge in [-0.3, -0.25) is 0 Å². The van der Waals surface area contributed by atoms with Gasteiger partial charge in [0.15, 0.2) is 0 Å². The molecule has 0 radical (unpaired) electrons. The monoisotopic (exact) mass is 359 g/mol. The number of benzene rings is 2. The molecule has 3 rings (SSSR count). The molecule has 130 valence electrons. The van der Waals surface area contributed by atoms with E-state index in [0.717, 1.165) is 18.9 Å². The topological polar surface area (TPSA) is 115 Å². The van der Waals surface area contributed by atoms with Gasteiger partial charge in [-0.2, -0.15) is 0 Å². The van der Waals surface area contributed by atoms with E-state index < -0.39 is 16.0 Å². The van der Waals surface area contributed by atoms with Crippen molar-refractivity contribution in [2.24, 2.45) is 5.14 Å². The molecule has 0 bridgehead atoms. The Morgan fingerprint density at radius 1 is 1.20 bits per heavy atom. The molecule has 0 spiro atoms. The van der Waals surface area contributed by atoms with Crippen LogP contribution in [0.15, 0.2) is 53.7 Å². The second kappa shape index (κ2) is 6.66. The normalized spacial score (nSPS) is 11.7. The first kappa shape index (κ1) is 17.1. The lowest BCUT2D eigenvalue weighted by molar-refractivity contribution is 0.0697. The molecule has 0 amide bonds. The predicted molar refractivity (Wildman–Crippen MR) is 92.8 cm³/mol. The highest BCUT2D eigenvalue weighted by Gasteiger charge is 2.20. The number of carboxylic acids is 1. The molecule has 8 heteroatoms. The first-order valence-electron chi connectivity index (χ1n) is 7.65. The van der Waals surface area contributed by atoms with Gasteiger partial charge in [-0.15, -0.1) is 0 Å². The van der Waals surface area contributed by atoms with Gasteiger partial charge in [0.2, 0.25) is 10.0 Å². The molecule has 1 heterocycles. The average Bonchev–Trinajstić information content (AvgIpc) is 2.97. The Bertz CT molecular complexity index is 1030. The van der Waals surface area contributed by atoms with Crippen molar-refractivity contribution in [3.05, 3.63) is 59.9 Å². The molecule has 0 aliphatic heterocycles. The number of rotatable bonds is 6. The third-order valence-corrected chi connectivity index (χ3v) is 4.86. The zero-order chi connectivity index (χ0) is 18.0. The van der Waals surface area contributed by atoms with Gasteiger partial charge in [-0.05, 0) is 30.5 Å². The van der Waals surface area contributed by atoms with E-state index >= 15 is 0 Å². The molecular formula is C17H17N3O4S. The number of hydrogen-bond donors (Lipinski definition) is 2. The predicted octanol–water partition coefficient (Wildman–Crippen LogP) is 2.01. The van der Waals surface area contributed by atoms with E-state index in [1.54, 1.807) is 4.57 Å². The molecule has 0 aliphatic rings. The van der Waals surface area contributed by atoms with E-state index in [4.69, 9.17) is 10.2 Å². The number of aryl methyl sites for hydroxylation is 2. The van der Waals surface area contributed by atoms with Gasteiger partial charge in [-0.1, -0.05) is 30.3 Å². The zero-order valence-corrected chi connectivity index (χ0v) is 14.1. The lowest BCUT2D eigenvalue weighted by atomic mass is 10.1. The summed E-state index contributed by atoms with van der Waals surface area (Å²) in [5.41, 5.74) is 1.65. The molecule has 0 atom stereocenters. The number of fused-ring (bicyclic) bond motifs is 1. The van der Waals surface area contributed by atoms with E-state index in [1.165, 1.54) is 18.0 Å². The van der Waals surface area contributed by atoms with Gasteiger partial charge in [0.05, 0.1) is 22.9 Å². The summed E-state index contributed by atoms with van der Waals surface area (Å²) in [6, 6.07) is 12.4. The second-order valence-corrected chi connectivity index (χ2v) is 7.25. The average molecular weight is 359 g/mol. The van der Waals surface area contributed by atoms with E-state index in [9.17, 15) is 13.2 Å². The number of carboxylic acid groups (broad SMARTS) is 1. The summed E-state index contributed by atoms with van der Waals surface area (Å²) >= 11 is 0. The standard InChI is InChI=1S/C17H17N3O4S/c18-25(23,24)15-10-13(17(21)22)9-14-16(15)20(11-19-14)8-4-7-12-5-2-1-3-6-12/h1-3,5-6,9-11H,4,7-8H2,(H,21,22)(H2,18,23,24). The zero-order valence-electron chi connectivity index (χ0n) is 13.3. The summed E-state index contributed by atoms with van der Waals surface area (Å²) in [5.74, 6) is -1.23. The van der Waals surface area contributed by atoms with Gasteiger partial charge in [-0.25, -0.2) is 23.3 Å². The molecule has 3 aromatic rings. The van der Waals surface area contributed by atoms with Crippen molar-refractivity contribution in [2.75, 3.05) is 0 Å². The molecule has 3 N–H and O–H groups in total. The second-order valence-electron chi connectivity index (χ2n) is 5.72. The summed E-state index contributed by atoms with van der Waals surface area (Å²) in [4.78, 5) is 15.1. The number of nitrogens with two attached hydrogens (primary N) is 1. The highest BCUT2D eigenvalue weighted by atomic mass is 32.2. The Balaban J connectivity index is 1.95. The van der Waals surface area contributed by atoms with Crippen molar-refractivity contribution < 1.29 is 18.3 Å². The summed E-state index contributed by atoms with van der Waals surface area (Å²) in [6.45, 7) is 0.542. The highest BCUT2D eigenvalue weighted by Crippen LogP contribution is 2.24. The quantitative estimate of drug-likeness (QED) is 0.698. The number of sulfonamides is 1. The van der Waals surface area contributed by atoms with Gasteiger partial charge >= 0.3 is 5.97 Å². The minimum Gasteiger partial charge on any atom is -0.478 e. The van der Waals surface area contributed by atoms with Gasteiger partial charge in [0.1, 0.15) is 4.90 Å². The van der Waals surface area contributed by atoms with Crippen molar-refractivity contribution >= 4 is 27.0 Å². The van der Waals surface area contributed by atoms with Crippen LogP contribution < -0.4 is 5.14 Å². The van der Waals surface area contributed by atoms with Crippen LogP contribution in [0.3, 0.4) is 0 Å². The number of nitrogens with zero attached hydrogens (tertiary/aromatic N) is 2. The van der Waals surface area contributed by atoms with E-state index in [1.807, 2.05) is 30.3 Å². The summed E-state index contributed by atoms with van der Waals surface area (Å²) in [5, 5.41) is 14.4. The summed E-state index contributed by atoms with van der Waals surface area (Å²) in [7, 11) is -4.08. The third-order valence-electron chi connectivity index (χ3n) is 3.94. The molecule has 0 saturated carbocycles. The number of hydrogen-bond acceptors (Lipinski definition) is 4. The lowest BCUT2D eigenvalue weighted by Crippen LogP contribution is -2.15. The molecule has 0 saturated heterocycles. The number of carbonyl (C=O) groups is 1. The Kier molecular flexibility index (Phi) is 4.56. The number of aromatic nitrogens is 2. The largest absolute Gasteiger partial charge is 0.478 e. The summed E-state index contributed by atoms with van der Waals surface area (Å²) in [6.07, 6.45) is 3.12.